The van der Waals surface area contributed by atoms with Crippen molar-refractivity contribution in [2.75, 3.05) is 21.3 Å². The highest BCUT2D eigenvalue weighted by Crippen LogP contribution is 2.57. The van der Waals surface area contributed by atoms with Crippen LogP contribution in [0.3, 0.4) is 0 Å². The molecule has 2 aliphatic rings. The lowest BCUT2D eigenvalue weighted by Crippen LogP contribution is -2.22. The van der Waals surface area contributed by atoms with E-state index in [1.165, 1.54) is 57.7 Å². The first-order valence-corrected chi connectivity index (χ1v) is 24.2. The van der Waals surface area contributed by atoms with Crippen molar-refractivity contribution in [1.29, 1.82) is 0 Å². The molecule has 0 amide bonds. The Morgan fingerprint density at radius 1 is 0.448 bits per heavy atom. The lowest BCUT2D eigenvalue weighted by molar-refractivity contribution is 0.349. The molecule has 2 heterocycles. The molecule has 4 aromatic rings. The lowest BCUT2D eigenvalue weighted by Gasteiger charge is -2.32. The fourth-order valence-electron chi connectivity index (χ4n) is 7.06. The molecule has 1 atom stereocenters. The standard InChI is InChI=1S/C43H52O11S4/c1-40(2,3)23-16-27-34-28(17-23)56(45,46)29-18-24(41(4,5)6)19-30(35(29)51-13)57(47,48)31-20-25(42(7,8)9)21-32(36(31)52-14)58(49,50)33-22-26(43(10,11)12)39(55(27)44)38(54-34)37(33)53-15/h16-22H,1-15H3/t55-/m1/s1. The van der Waals surface area contributed by atoms with E-state index in [0.29, 0.717) is 22.3 Å². The molecule has 15 heteroatoms. The number of fused-ring (bicyclic) bond motifs is 5. The number of ether oxygens (including phenoxy) is 4. The van der Waals surface area contributed by atoms with E-state index in [-0.39, 0.29) is 27.0 Å². The van der Waals surface area contributed by atoms with Gasteiger partial charge in [0.05, 0.1) is 41.9 Å². The van der Waals surface area contributed by atoms with Gasteiger partial charge in [-0.15, -0.1) is 0 Å². The quantitative estimate of drug-likeness (QED) is 0.167. The third-order valence-electron chi connectivity index (χ3n) is 10.6. The zero-order valence-corrected chi connectivity index (χ0v) is 38.9. The van der Waals surface area contributed by atoms with E-state index in [0.717, 1.165) is 0 Å². The van der Waals surface area contributed by atoms with E-state index in [1.54, 1.807) is 47.6 Å². The highest BCUT2D eigenvalue weighted by molar-refractivity contribution is 7.93. The molecule has 314 valence electrons. The minimum absolute atomic E-state index is 0.0351. The van der Waals surface area contributed by atoms with Gasteiger partial charge in [0.2, 0.25) is 29.5 Å². The summed E-state index contributed by atoms with van der Waals surface area (Å²) in [4.78, 5) is -2.71. The molecule has 0 saturated carbocycles. The second-order valence-electron chi connectivity index (χ2n) is 18.8. The van der Waals surface area contributed by atoms with Crippen LogP contribution in [0, 0.1) is 0 Å². The minimum atomic E-state index is -4.89. The third-order valence-corrected chi connectivity index (χ3v) is 17.3. The van der Waals surface area contributed by atoms with E-state index in [1.807, 2.05) is 41.5 Å². The number of hydrogen-bond acceptors (Lipinski definition) is 11. The largest absolute Gasteiger partial charge is 0.494 e. The van der Waals surface area contributed by atoms with Gasteiger partial charge in [0, 0.05) is 0 Å². The maximum Gasteiger partial charge on any atom is 0.214 e. The first kappa shape index (κ1) is 43.7. The average Bonchev–Trinajstić information content (AvgIpc) is 3.10. The van der Waals surface area contributed by atoms with Crippen LogP contribution in [0.2, 0.25) is 0 Å². The van der Waals surface area contributed by atoms with Gasteiger partial charge in [-0.3, -0.25) is 0 Å². The zero-order valence-electron chi connectivity index (χ0n) is 35.7. The maximum atomic E-state index is 15.5. The highest BCUT2D eigenvalue weighted by Gasteiger charge is 2.45. The molecule has 0 aliphatic carbocycles. The van der Waals surface area contributed by atoms with Gasteiger partial charge in [-0.2, -0.15) is 0 Å². The molecule has 2 aliphatic heterocycles. The number of rotatable bonds is 3. The van der Waals surface area contributed by atoms with E-state index >= 15 is 29.5 Å². The normalized spacial score (nSPS) is 18.1. The Morgan fingerprint density at radius 3 is 1.12 bits per heavy atom. The Morgan fingerprint density at radius 2 is 0.776 bits per heavy atom. The molecule has 0 spiro atoms. The Labute approximate surface area is 345 Å². The van der Waals surface area contributed by atoms with Gasteiger partial charge >= 0.3 is 0 Å². The van der Waals surface area contributed by atoms with Crippen LogP contribution in [0.15, 0.2) is 81.6 Å². The van der Waals surface area contributed by atoms with Crippen LogP contribution in [-0.2, 0) is 62.0 Å². The molecule has 0 saturated heterocycles. The van der Waals surface area contributed by atoms with Crippen molar-refractivity contribution in [3.8, 4) is 28.7 Å². The highest BCUT2D eigenvalue weighted by atomic mass is 32.2. The van der Waals surface area contributed by atoms with Crippen molar-refractivity contribution in [1.82, 2.24) is 0 Å². The SMILES string of the molecule is COc1c2cc(C(C)(C)C)cc1S(=O)(=O)c1cc(C(C)(C)C)cc(c1OC)S(=O)(=O)c1cc(C(C)(C)C)c3c(c1OC)Oc1c(cc(C(C)(C)C)cc1S2(=O)=O)[S@]3=O. The summed E-state index contributed by atoms with van der Waals surface area (Å²) in [5.41, 5.74) is -1.70. The summed E-state index contributed by atoms with van der Waals surface area (Å²) in [7, 11) is -13.2. The summed E-state index contributed by atoms with van der Waals surface area (Å²) in [6.45, 7) is 21.9. The predicted octanol–water partition coefficient (Wildman–Crippen LogP) is 8.99. The van der Waals surface area contributed by atoms with Crippen molar-refractivity contribution in [3.63, 3.8) is 0 Å². The van der Waals surface area contributed by atoms with E-state index in [4.69, 9.17) is 18.9 Å². The summed E-state index contributed by atoms with van der Waals surface area (Å²) in [6.07, 6.45) is 0. The Bertz CT molecular complexity index is 2790. The zero-order chi connectivity index (χ0) is 43.7. The summed E-state index contributed by atoms with van der Waals surface area (Å²) < 4.78 is 132. The van der Waals surface area contributed by atoms with Gasteiger partial charge in [-0.25, -0.2) is 29.5 Å². The first-order chi connectivity index (χ1) is 26.3. The van der Waals surface area contributed by atoms with E-state index < -0.39 is 103 Å². The van der Waals surface area contributed by atoms with Crippen LogP contribution in [-0.4, -0.2) is 50.8 Å². The average molecular weight is 873 g/mol. The predicted molar refractivity (Wildman–Crippen MR) is 221 cm³/mol. The number of methoxy groups -OCH3 is 3. The van der Waals surface area contributed by atoms with Gasteiger partial charge in [0.15, 0.2) is 28.7 Å². The summed E-state index contributed by atoms with van der Waals surface area (Å²) in [6, 6.07) is 9.89. The molecule has 0 radical (unpaired) electrons. The molecule has 11 nitrogen and oxygen atoms in total. The summed E-state index contributed by atoms with van der Waals surface area (Å²) >= 11 is 0. The Kier molecular flexibility index (Phi) is 10.2. The number of hydrogen-bond donors (Lipinski definition) is 0. The van der Waals surface area contributed by atoms with Crippen LogP contribution < -0.4 is 18.9 Å². The number of sulfone groups is 3. The topological polar surface area (TPSA) is 156 Å². The van der Waals surface area contributed by atoms with Crippen LogP contribution in [0.1, 0.15) is 105 Å². The summed E-state index contributed by atoms with van der Waals surface area (Å²) in [5, 5.41) is 0. The van der Waals surface area contributed by atoms with Crippen LogP contribution in [0.5, 0.6) is 28.7 Å². The smallest absolute Gasteiger partial charge is 0.214 e. The monoisotopic (exact) mass is 872 g/mol. The van der Waals surface area contributed by atoms with Crippen LogP contribution in [0.4, 0.5) is 0 Å². The van der Waals surface area contributed by atoms with E-state index in [9.17, 15) is 0 Å². The van der Waals surface area contributed by atoms with Crippen LogP contribution in [0.25, 0.3) is 0 Å². The van der Waals surface area contributed by atoms with Gasteiger partial charge in [-0.05, 0) is 86.4 Å². The molecule has 0 aromatic heterocycles. The maximum absolute atomic E-state index is 15.5. The van der Waals surface area contributed by atoms with Crippen molar-refractivity contribution < 1.29 is 48.4 Å². The fraction of sp³-hybridized carbons (Fsp3) is 0.442. The fourth-order valence-corrected chi connectivity index (χ4v) is 13.9. The Hall–Kier alpha value is -3.92. The molecule has 4 aromatic carbocycles. The van der Waals surface area contributed by atoms with Crippen molar-refractivity contribution in [2.45, 2.75) is 144 Å². The van der Waals surface area contributed by atoms with Crippen molar-refractivity contribution >= 4 is 40.3 Å². The Balaban J connectivity index is 2.01. The molecule has 58 heavy (non-hydrogen) atoms. The molecular formula is C43H52O11S4. The molecule has 7 bridgehead atoms. The van der Waals surface area contributed by atoms with Gasteiger partial charge in [-0.1, -0.05) is 83.1 Å². The van der Waals surface area contributed by atoms with Crippen molar-refractivity contribution in [3.05, 3.63) is 64.7 Å². The van der Waals surface area contributed by atoms with E-state index in [2.05, 4.69) is 0 Å². The molecule has 0 unspecified atom stereocenters. The van der Waals surface area contributed by atoms with Gasteiger partial charge < -0.3 is 18.9 Å². The molecule has 0 fully saturated rings. The molecule has 6 rings (SSSR count). The second kappa shape index (κ2) is 13.5. The van der Waals surface area contributed by atoms with Gasteiger partial charge in [0.1, 0.15) is 29.4 Å². The van der Waals surface area contributed by atoms with Gasteiger partial charge in [0.25, 0.3) is 0 Å². The summed E-state index contributed by atoms with van der Waals surface area (Å²) in [5.74, 6) is -1.92. The first-order valence-electron chi connectivity index (χ1n) is 18.6. The number of benzene rings is 4. The minimum Gasteiger partial charge on any atom is -0.494 e. The lowest BCUT2D eigenvalue weighted by atomic mass is 9.86. The van der Waals surface area contributed by atoms with Crippen LogP contribution >= 0.6 is 0 Å². The second-order valence-corrected chi connectivity index (χ2v) is 25.9. The third kappa shape index (κ3) is 6.73. The van der Waals surface area contributed by atoms with Crippen molar-refractivity contribution in [2.24, 2.45) is 0 Å². The molecular weight excluding hydrogens is 821 g/mol. The molecule has 0 N–H and O–H groups in total.